The van der Waals surface area contributed by atoms with Crippen LogP contribution in [0.5, 0.6) is 11.6 Å². The van der Waals surface area contributed by atoms with Gasteiger partial charge in [-0.05, 0) is 6.07 Å². The van der Waals surface area contributed by atoms with Crippen molar-refractivity contribution in [3.05, 3.63) is 47.9 Å². The number of hydrogen-bond acceptors (Lipinski definition) is 5. The summed E-state index contributed by atoms with van der Waals surface area (Å²) in [5.41, 5.74) is 6.83. The van der Waals surface area contributed by atoms with Crippen molar-refractivity contribution in [3.63, 3.8) is 0 Å². The molecule has 1 heterocycles. The van der Waals surface area contributed by atoms with Gasteiger partial charge in [0.25, 0.3) is 0 Å². The van der Waals surface area contributed by atoms with Crippen LogP contribution in [0.2, 0.25) is 0 Å². The number of benzene rings is 1. The molecule has 0 amide bonds. The number of aromatic nitrogens is 2. The van der Waals surface area contributed by atoms with Crippen LogP contribution in [-0.4, -0.2) is 15.1 Å². The fraction of sp³-hybridized carbons (Fsp3) is 0.167. The average Bonchev–Trinajstić information content (AvgIpc) is 2.40. The molecule has 0 aliphatic rings. The molecule has 1 aromatic heterocycles. The Kier molecular flexibility index (Phi) is 3.64. The number of aliphatic hydroxyl groups excluding tert-OH is 1. The number of hydrogen-bond donors (Lipinski definition) is 2. The molecular formula is C12H13N3O2. The number of ether oxygens (including phenoxy) is 1. The lowest BCUT2D eigenvalue weighted by molar-refractivity contribution is 0.276. The highest BCUT2D eigenvalue weighted by molar-refractivity contribution is 5.35. The molecule has 0 saturated carbocycles. The highest BCUT2D eigenvalue weighted by Crippen LogP contribution is 2.23. The molecule has 0 unspecified atom stereocenters. The summed E-state index contributed by atoms with van der Waals surface area (Å²) in [6.45, 7) is 0.269. The molecule has 0 atom stereocenters. The topological polar surface area (TPSA) is 81.3 Å². The number of aliphatic hydroxyl groups is 1. The van der Waals surface area contributed by atoms with E-state index in [2.05, 4.69) is 9.97 Å². The highest BCUT2D eigenvalue weighted by Gasteiger charge is 2.04. The summed E-state index contributed by atoms with van der Waals surface area (Å²) in [5, 5.41) is 9.15. The second-order valence-corrected chi connectivity index (χ2v) is 3.42. The zero-order chi connectivity index (χ0) is 12.1. The monoisotopic (exact) mass is 231 g/mol. The SMILES string of the molecule is NCc1cnc(Oc2ccccc2CO)cn1. The number of rotatable bonds is 4. The predicted molar refractivity (Wildman–Crippen MR) is 62.4 cm³/mol. The van der Waals surface area contributed by atoms with Gasteiger partial charge in [0.1, 0.15) is 5.75 Å². The van der Waals surface area contributed by atoms with Crippen molar-refractivity contribution in [2.45, 2.75) is 13.2 Å². The van der Waals surface area contributed by atoms with Gasteiger partial charge < -0.3 is 15.6 Å². The molecule has 0 aliphatic carbocycles. The Hall–Kier alpha value is -1.98. The summed E-state index contributed by atoms with van der Waals surface area (Å²) in [7, 11) is 0. The van der Waals surface area contributed by atoms with Gasteiger partial charge in [0, 0.05) is 12.1 Å². The zero-order valence-corrected chi connectivity index (χ0v) is 9.21. The fourth-order valence-electron chi connectivity index (χ4n) is 1.35. The number of nitrogens with zero attached hydrogens (tertiary/aromatic N) is 2. The van der Waals surface area contributed by atoms with Crippen molar-refractivity contribution in [1.29, 1.82) is 0 Å². The highest BCUT2D eigenvalue weighted by atomic mass is 16.5. The van der Waals surface area contributed by atoms with E-state index < -0.39 is 0 Å². The van der Waals surface area contributed by atoms with E-state index in [1.807, 2.05) is 12.1 Å². The average molecular weight is 231 g/mol. The van der Waals surface area contributed by atoms with Gasteiger partial charge in [-0.2, -0.15) is 0 Å². The van der Waals surface area contributed by atoms with Crippen LogP contribution in [0, 0.1) is 0 Å². The number of nitrogens with two attached hydrogens (primary N) is 1. The van der Waals surface area contributed by atoms with E-state index in [0.717, 1.165) is 0 Å². The van der Waals surface area contributed by atoms with E-state index in [1.54, 1.807) is 18.3 Å². The third kappa shape index (κ3) is 2.77. The molecule has 0 aliphatic heterocycles. The molecule has 88 valence electrons. The molecule has 0 spiro atoms. The van der Waals surface area contributed by atoms with Gasteiger partial charge in [0.05, 0.1) is 24.7 Å². The Balaban J connectivity index is 2.19. The normalized spacial score (nSPS) is 10.2. The van der Waals surface area contributed by atoms with E-state index >= 15 is 0 Å². The second-order valence-electron chi connectivity index (χ2n) is 3.42. The molecule has 2 rings (SSSR count). The Morgan fingerprint density at radius 3 is 2.65 bits per heavy atom. The lowest BCUT2D eigenvalue weighted by Gasteiger charge is -2.08. The first-order chi connectivity index (χ1) is 8.33. The molecule has 0 fully saturated rings. The maximum Gasteiger partial charge on any atom is 0.237 e. The predicted octanol–water partition coefficient (Wildman–Crippen LogP) is 1.22. The van der Waals surface area contributed by atoms with Crippen LogP contribution < -0.4 is 10.5 Å². The van der Waals surface area contributed by atoms with Gasteiger partial charge in [-0.15, -0.1) is 0 Å². The third-order valence-corrected chi connectivity index (χ3v) is 2.25. The van der Waals surface area contributed by atoms with Gasteiger partial charge in [-0.1, -0.05) is 18.2 Å². The van der Waals surface area contributed by atoms with Gasteiger partial charge in [0.2, 0.25) is 5.88 Å². The summed E-state index contributed by atoms with van der Waals surface area (Å²) < 4.78 is 5.53. The van der Waals surface area contributed by atoms with Gasteiger partial charge in [0.15, 0.2) is 0 Å². The van der Waals surface area contributed by atoms with E-state index in [-0.39, 0.29) is 6.61 Å². The first-order valence-corrected chi connectivity index (χ1v) is 5.21. The van der Waals surface area contributed by atoms with Crippen molar-refractivity contribution >= 4 is 0 Å². The van der Waals surface area contributed by atoms with Crippen LogP contribution in [-0.2, 0) is 13.2 Å². The summed E-state index contributed by atoms with van der Waals surface area (Å²) in [6.07, 6.45) is 3.08. The molecule has 17 heavy (non-hydrogen) atoms. The summed E-state index contributed by atoms with van der Waals surface area (Å²) >= 11 is 0. The van der Waals surface area contributed by atoms with Crippen molar-refractivity contribution < 1.29 is 9.84 Å². The van der Waals surface area contributed by atoms with E-state index in [1.165, 1.54) is 6.20 Å². The molecular weight excluding hydrogens is 218 g/mol. The smallest absolute Gasteiger partial charge is 0.237 e. The van der Waals surface area contributed by atoms with Gasteiger partial charge in [-0.25, -0.2) is 4.98 Å². The number of para-hydroxylation sites is 1. The summed E-state index contributed by atoms with van der Waals surface area (Å²) in [4.78, 5) is 8.15. The van der Waals surface area contributed by atoms with Gasteiger partial charge in [-0.3, -0.25) is 4.98 Å². The van der Waals surface area contributed by atoms with Crippen LogP contribution in [0.4, 0.5) is 0 Å². The van der Waals surface area contributed by atoms with Crippen molar-refractivity contribution in [2.75, 3.05) is 0 Å². The Morgan fingerprint density at radius 1 is 1.18 bits per heavy atom. The standard InChI is InChI=1S/C12H13N3O2/c13-5-10-6-15-12(7-14-10)17-11-4-2-1-3-9(11)8-16/h1-4,6-7,16H,5,8,13H2. The molecule has 0 radical (unpaired) electrons. The molecule has 1 aromatic carbocycles. The van der Waals surface area contributed by atoms with Crippen LogP contribution in [0.25, 0.3) is 0 Å². The minimum atomic E-state index is -0.0789. The first-order valence-electron chi connectivity index (χ1n) is 5.21. The fourth-order valence-corrected chi connectivity index (χ4v) is 1.35. The molecule has 2 aromatic rings. The minimum Gasteiger partial charge on any atom is -0.437 e. The van der Waals surface area contributed by atoms with Crippen molar-refractivity contribution in [2.24, 2.45) is 5.73 Å². The molecule has 0 bridgehead atoms. The van der Waals surface area contributed by atoms with Crippen LogP contribution in [0.15, 0.2) is 36.7 Å². The molecule has 5 heteroatoms. The van der Waals surface area contributed by atoms with Crippen LogP contribution in [0.3, 0.4) is 0 Å². The Labute approximate surface area is 98.9 Å². The Morgan fingerprint density at radius 2 is 2.00 bits per heavy atom. The quantitative estimate of drug-likeness (QED) is 0.826. The third-order valence-electron chi connectivity index (χ3n) is 2.25. The lowest BCUT2D eigenvalue weighted by atomic mass is 10.2. The van der Waals surface area contributed by atoms with Crippen LogP contribution in [0.1, 0.15) is 11.3 Å². The molecule has 3 N–H and O–H groups in total. The Bertz CT molecular complexity index is 485. The van der Waals surface area contributed by atoms with Crippen LogP contribution >= 0.6 is 0 Å². The minimum absolute atomic E-state index is 0.0789. The maximum absolute atomic E-state index is 9.15. The second kappa shape index (κ2) is 5.38. The maximum atomic E-state index is 9.15. The summed E-state index contributed by atoms with van der Waals surface area (Å²) in [6, 6.07) is 7.22. The molecule has 5 nitrogen and oxygen atoms in total. The van der Waals surface area contributed by atoms with E-state index in [0.29, 0.717) is 29.4 Å². The van der Waals surface area contributed by atoms with Crippen molar-refractivity contribution in [3.8, 4) is 11.6 Å². The van der Waals surface area contributed by atoms with E-state index in [4.69, 9.17) is 15.6 Å². The largest absolute Gasteiger partial charge is 0.437 e. The zero-order valence-electron chi connectivity index (χ0n) is 9.21. The molecule has 0 saturated heterocycles. The van der Waals surface area contributed by atoms with Gasteiger partial charge >= 0.3 is 0 Å². The lowest BCUT2D eigenvalue weighted by Crippen LogP contribution is -2.01. The van der Waals surface area contributed by atoms with Crippen molar-refractivity contribution in [1.82, 2.24) is 9.97 Å². The van der Waals surface area contributed by atoms with E-state index in [9.17, 15) is 0 Å². The summed E-state index contributed by atoms with van der Waals surface area (Å²) in [5.74, 6) is 0.952. The first kappa shape index (κ1) is 11.5.